The number of aryl methyl sites for hydroxylation is 2. The van der Waals surface area contributed by atoms with Crippen LogP contribution >= 0.6 is 0 Å². The van der Waals surface area contributed by atoms with Gasteiger partial charge in [0.2, 0.25) is 11.8 Å². The van der Waals surface area contributed by atoms with Crippen molar-refractivity contribution >= 4 is 5.82 Å². The highest BCUT2D eigenvalue weighted by molar-refractivity contribution is 5.47. The van der Waals surface area contributed by atoms with Crippen molar-refractivity contribution < 1.29 is 4.74 Å². The zero-order valence-electron chi connectivity index (χ0n) is 9.93. The summed E-state index contributed by atoms with van der Waals surface area (Å²) in [5.41, 5.74) is 4.11. The maximum Gasteiger partial charge on any atom is 0.229 e. The molecule has 17 heavy (non-hydrogen) atoms. The van der Waals surface area contributed by atoms with Crippen molar-refractivity contribution in [1.29, 1.82) is 0 Å². The molecule has 90 valence electrons. The van der Waals surface area contributed by atoms with Crippen LogP contribution in [0.15, 0.2) is 12.4 Å². The van der Waals surface area contributed by atoms with E-state index in [1.165, 1.54) is 6.33 Å². The fraction of sp³-hybridized carbons (Fsp3) is 0.300. The molecule has 0 aliphatic heterocycles. The normalized spacial score (nSPS) is 10.4. The quantitative estimate of drug-likeness (QED) is 0.605. The molecule has 0 unspecified atom stereocenters. The fourth-order valence-corrected chi connectivity index (χ4v) is 1.46. The summed E-state index contributed by atoms with van der Waals surface area (Å²) in [7, 11) is 1.81. The number of aromatic nitrogens is 4. The molecular weight excluding hydrogens is 220 g/mol. The van der Waals surface area contributed by atoms with E-state index in [2.05, 4.69) is 20.5 Å². The molecule has 0 aromatic carbocycles. The van der Waals surface area contributed by atoms with Crippen LogP contribution in [-0.4, -0.2) is 19.7 Å². The van der Waals surface area contributed by atoms with Gasteiger partial charge >= 0.3 is 0 Å². The van der Waals surface area contributed by atoms with Gasteiger partial charge in [0.05, 0.1) is 11.3 Å². The molecule has 0 bridgehead atoms. The molecule has 7 heteroatoms. The third-order valence-electron chi connectivity index (χ3n) is 2.33. The molecule has 0 saturated carbocycles. The molecule has 0 saturated heterocycles. The fourth-order valence-electron chi connectivity index (χ4n) is 1.46. The van der Waals surface area contributed by atoms with E-state index < -0.39 is 0 Å². The lowest BCUT2D eigenvalue weighted by Gasteiger charge is -2.09. The Morgan fingerprint density at radius 3 is 2.71 bits per heavy atom. The first-order valence-electron chi connectivity index (χ1n) is 5.08. The van der Waals surface area contributed by atoms with Gasteiger partial charge in [0.1, 0.15) is 12.1 Å². The van der Waals surface area contributed by atoms with E-state index in [0.717, 1.165) is 11.3 Å². The summed E-state index contributed by atoms with van der Waals surface area (Å²) in [5.74, 6) is 6.94. The van der Waals surface area contributed by atoms with E-state index in [1.807, 2.05) is 19.9 Å². The van der Waals surface area contributed by atoms with Gasteiger partial charge in [0.15, 0.2) is 0 Å². The van der Waals surface area contributed by atoms with Crippen LogP contribution in [0.1, 0.15) is 11.3 Å². The standard InChI is InChI=1S/C10H14N6O/c1-6-4-8(16(3)15-6)17-10-7(2)9(14-11)12-5-13-10/h4-5H,11H2,1-3H3,(H,12,13,14). The molecule has 2 rings (SSSR count). The van der Waals surface area contributed by atoms with Gasteiger partial charge in [0.25, 0.3) is 0 Å². The van der Waals surface area contributed by atoms with E-state index in [4.69, 9.17) is 10.6 Å². The van der Waals surface area contributed by atoms with Crippen LogP contribution < -0.4 is 16.0 Å². The molecule has 0 atom stereocenters. The van der Waals surface area contributed by atoms with Crippen LogP contribution in [0.4, 0.5) is 5.82 Å². The first-order chi connectivity index (χ1) is 8.11. The van der Waals surface area contributed by atoms with E-state index in [1.54, 1.807) is 11.7 Å². The molecule has 7 nitrogen and oxygen atoms in total. The number of hydrogen-bond donors (Lipinski definition) is 2. The lowest BCUT2D eigenvalue weighted by atomic mass is 10.3. The molecule has 0 fully saturated rings. The minimum Gasteiger partial charge on any atom is -0.420 e. The second-order valence-corrected chi connectivity index (χ2v) is 3.65. The Morgan fingerprint density at radius 1 is 1.35 bits per heavy atom. The Bertz CT molecular complexity index is 536. The molecular formula is C10H14N6O. The Hall–Kier alpha value is -2.15. The number of nitrogens with one attached hydrogen (secondary N) is 1. The first kappa shape index (κ1) is 11.3. The number of hydrogen-bond acceptors (Lipinski definition) is 6. The third-order valence-corrected chi connectivity index (χ3v) is 2.33. The van der Waals surface area contributed by atoms with Crippen LogP contribution in [0.3, 0.4) is 0 Å². The molecule has 0 radical (unpaired) electrons. The van der Waals surface area contributed by atoms with Crippen molar-refractivity contribution in [3.05, 3.63) is 23.7 Å². The van der Waals surface area contributed by atoms with Crippen LogP contribution in [-0.2, 0) is 7.05 Å². The second-order valence-electron chi connectivity index (χ2n) is 3.65. The van der Waals surface area contributed by atoms with Gasteiger partial charge < -0.3 is 10.2 Å². The second kappa shape index (κ2) is 4.38. The van der Waals surface area contributed by atoms with Crippen molar-refractivity contribution in [3.8, 4) is 11.8 Å². The zero-order valence-corrected chi connectivity index (χ0v) is 9.93. The number of hydrazine groups is 1. The summed E-state index contributed by atoms with van der Waals surface area (Å²) in [4.78, 5) is 8.04. The monoisotopic (exact) mass is 234 g/mol. The average Bonchev–Trinajstić information content (AvgIpc) is 2.60. The third kappa shape index (κ3) is 2.18. The average molecular weight is 234 g/mol. The van der Waals surface area contributed by atoms with E-state index in [0.29, 0.717) is 17.6 Å². The van der Waals surface area contributed by atoms with Crippen molar-refractivity contribution in [3.63, 3.8) is 0 Å². The number of ether oxygens (including phenoxy) is 1. The molecule has 0 aliphatic rings. The molecule has 0 aliphatic carbocycles. The maximum absolute atomic E-state index is 5.66. The van der Waals surface area contributed by atoms with Gasteiger partial charge in [-0.3, -0.25) is 0 Å². The molecule has 0 amide bonds. The Morgan fingerprint density at radius 2 is 2.12 bits per heavy atom. The van der Waals surface area contributed by atoms with Crippen LogP contribution in [0.25, 0.3) is 0 Å². The maximum atomic E-state index is 5.66. The molecule has 3 N–H and O–H groups in total. The Balaban J connectivity index is 2.33. The van der Waals surface area contributed by atoms with Crippen LogP contribution in [0.5, 0.6) is 11.8 Å². The minimum atomic E-state index is 0.455. The molecule has 2 aromatic rings. The summed E-state index contributed by atoms with van der Waals surface area (Å²) in [6, 6.07) is 1.83. The topological polar surface area (TPSA) is 90.9 Å². The number of nitrogens with zero attached hydrogens (tertiary/aromatic N) is 4. The zero-order chi connectivity index (χ0) is 12.4. The first-order valence-corrected chi connectivity index (χ1v) is 5.08. The van der Waals surface area contributed by atoms with Gasteiger partial charge in [-0.25, -0.2) is 20.5 Å². The summed E-state index contributed by atoms with van der Waals surface area (Å²) in [5, 5.41) is 4.19. The van der Waals surface area contributed by atoms with Gasteiger partial charge in [0, 0.05) is 13.1 Å². The van der Waals surface area contributed by atoms with Gasteiger partial charge in [-0.1, -0.05) is 0 Å². The van der Waals surface area contributed by atoms with Crippen molar-refractivity contribution in [2.75, 3.05) is 5.43 Å². The molecule has 0 spiro atoms. The summed E-state index contributed by atoms with van der Waals surface area (Å²) in [6.45, 7) is 3.72. The molecule has 2 aromatic heterocycles. The van der Waals surface area contributed by atoms with Gasteiger partial charge in [-0.15, -0.1) is 0 Å². The number of nitrogens with two attached hydrogens (primary N) is 1. The van der Waals surface area contributed by atoms with Gasteiger partial charge in [-0.05, 0) is 13.8 Å². The molecule has 2 heterocycles. The smallest absolute Gasteiger partial charge is 0.229 e. The van der Waals surface area contributed by atoms with E-state index in [-0.39, 0.29) is 0 Å². The van der Waals surface area contributed by atoms with Gasteiger partial charge in [-0.2, -0.15) is 5.10 Å². The Labute approximate surface area is 98.6 Å². The number of anilines is 1. The SMILES string of the molecule is Cc1cc(Oc2ncnc(NN)c2C)n(C)n1. The summed E-state index contributed by atoms with van der Waals surface area (Å²) >= 11 is 0. The highest BCUT2D eigenvalue weighted by Gasteiger charge is 2.10. The van der Waals surface area contributed by atoms with Crippen LogP contribution in [0.2, 0.25) is 0 Å². The van der Waals surface area contributed by atoms with E-state index in [9.17, 15) is 0 Å². The highest BCUT2D eigenvalue weighted by atomic mass is 16.5. The Kier molecular flexibility index (Phi) is 2.92. The minimum absolute atomic E-state index is 0.455. The number of rotatable bonds is 3. The number of nitrogen functional groups attached to an aromatic ring is 1. The van der Waals surface area contributed by atoms with Crippen LogP contribution in [0, 0.1) is 13.8 Å². The lowest BCUT2D eigenvalue weighted by molar-refractivity contribution is 0.411. The predicted octanol–water partition coefficient (Wildman–Crippen LogP) is 0.905. The summed E-state index contributed by atoms with van der Waals surface area (Å²) < 4.78 is 7.30. The van der Waals surface area contributed by atoms with Crippen molar-refractivity contribution in [2.24, 2.45) is 12.9 Å². The highest BCUT2D eigenvalue weighted by Crippen LogP contribution is 2.25. The predicted molar refractivity (Wildman–Crippen MR) is 62.6 cm³/mol. The lowest BCUT2D eigenvalue weighted by Crippen LogP contribution is -2.11. The summed E-state index contributed by atoms with van der Waals surface area (Å²) in [6.07, 6.45) is 1.39. The largest absolute Gasteiger partial charge is 0.420 e. The van der Waals surface area contributed by atoms with Crippen molar-refractivity contribution in [1.82, 2.24) is 19.7 Å². The van der Waals surface area contributed by atoms with Crippen molar-refractivity contribution in [2.45, 2.75) is 13.8 Å². The van der Waals surface area contributed by atoms with E-state index >= 15 is 0 Å².